The Morgan fingerprint density at radius 1 is 0.926 bits per heavy atom. The van der Waals surface area contributed by atoms with Gasteiger partial charge in [0.25, 0.3) is 0 Å². The van der Waals surface area contributed by atoms with Crippen LogP contribution < -0.4 is 0 Å². The van der Waals surface area contributed by atoms with Gasteiger partial charge in [0.2, 0.25) is 0 Å². The van der Waals surface area contributed by atoms with Crippen LogP contribution in [0.3, 0.4) is 0 Å². The third kappa shape index (κ3) is 4.78. The zero-order valence-corrected chi connectivity index (χ0v) is 14.4. The van der Waals surface area contributed by atoms with Gasteiger partial charge in [-0.05, 0) is 34.5 Å². The highest BCUT2D eigenvalue weighted by molar-refractivity contribution is 5.87. The maximum absolute atomic E-state index is 13.1. The van der Waals surface area contributed by atoms with Crippen molar-refractivity contribution in [2.45, 2.75) is 19.3 Å². The summed E-state index contributed by atoms with van der Waals surface area (Å²) in [6, 6.07) is 19.0. The molecule has 27 heavy (non-hydrogen) atoms. The summed E-state index contributed by atoms with van der Waals surface area (Å²) in [4.78, 5) is 1.24. The van der Waals surface area contributed by atoms with Gasteiger partial charge in [-0.2, -0.15) is 18.4 Å². The summed E-state index contributed by atoms with van der Waals surface area (Å²) >= 11 is 0. The molecule has 138 valence electrons. The van der Waals surface area contributed by atoms with Gasteiger partial charge in [-0.3, -0.25) is 4.90 Å². The van der Waals surface area contributed by atoms with Gasteiger partial charge in [0.15, 0.2) is 0 Å². The van der Waals surface area contributed by atoms with Crippen molar-refractivity contribution in [3.63, 3.8) is 0 Å². The Balaban J connectivity index is 1.92. The first-order valence-electron chi connectivity index (χ1n) is 8.33. The SMILES string of the molecule is N#Cc1ccc(CN(Cc2c(O)ccc3ccccc23)CC(F)(F)F)cc1. The molecule has 0 aromatic heterocycles. The number of hydrogen-bond acceptors (Lipinski definition) is 3. The number of nitrogens with zero attached hydrogens (tertiary/aromatic N) is 2. The van der Waals surface area contributed by atoms with Crippen LogP contribution in [0.25, 0.3) is 10.8 Å². The highest BCUT2D eigenvalue weighted by Gasteiger charge is 2.31. The predicted molar refractivity (Wildman–Crippen MR) is 96.9 cm³/mol. The number of halogens is 3. The monoisotopic (exact) mass is 370 g/mol. The summed E-state index contributed by atoms with van der Waals surface area (Å²) < 4.78 is 39.3. The zero-order chi connectivity index (χ0) is 19.4. The summed E-state index contributed by atoms with van der Waals surface area (Å²) in [5.74, 6) is -0.0271. The summed E-state index contributed by atoms with van der Waals surface area (Å²) in [6.45, 7) is -1.10. The molecule has 0 unspecified atom stereocenters. The van der Waals surface area contributed by atoms with E-state index in [-0.39, 0.29) is 18.8 Å². The highest BCUT2D eigenvalue weighted by Crippen LogP contribution is 2.30. The van der Waals surface area contributed by atoms with Crippen LogP contribution >= 0.6 is 0 Å². The second-order valence-corrected chi connectivity index (χ2v) is 6.35. The fraction of sp³-hybridized carbons (Fsp3) is 0.190. The number of phenolic OH excluding ortho intramolecular Hbond substituents is 1. The van der Waals surface area contributed by atoms with Gasteiger partial charge in [0, 0.05) is 18.7 Å². The van der Waals surface area contributed by atoms with Crippen LogP contribution in [0.1, 0.15) is 16.7 Å². The molecule has 0 aliphatic rings. The van der Waals surface area contributed by atoms with Crippen molar-refractivity contribution in [3.05, 3.63) is 77.4 Å². The lowest BCUT2D eigenvalue weighted by Gasteiger charge is -2.25. The average Bonchev–Trinajstić information content (AvgIpc) is 2.63. The standard InChI is InChI=1S/C21H17F3N2O/c22-21(23,24)14-26(12-16-7-5-15(11-25)6-8-16)13-19-18-4-2-1-3-17(18)9-10-20(19)27/h1-10,27H,12-14H2. The number of nitriles is 1. The van der Waals surface area contributed by atoms with Crippen LogP contribution in [-0.2, 0) is 13.1 Å². The van der Waals surface area contributed by atoms with E-state index in [1.54, 1.807) is 42.5 Å². The van der Waals surface area contributed by atoms with E-state index in [2.05, 4.69) is 0 Å². The lowest BCUT2D eigenvalue weighted by atomic mass is 10.0. The molecule has 0 fully saturated rings. The van der Waals surface area contributed by atoms with Gasteiger partial charge in [0.05, 0.1) is 18.2 Å². The van der Waals surface area contributed by atoms with Gasteiger partial charge >= 0.3 is 6.18 Å². The fourth-order valence-corrected chi connectivity index (χ4v) is 3.08. The summed E-state index contributed by atoms with van der Waals surface area (Å²) in [5.41, 5.74) is 1.58. The number of phenols is 1. The van der Waals surface area contributed by atoms with Gasteiger partial charge in [-0.25, -0.2) is 0 Å². The van der Waals surface area contributed by atoms with Crippen molar-refractivity contribution in [2.24, 2.45) is 0 Å². The minimum Gasteiger partial charge on any atom is -0.508 e. The molecule has 0 heterocycles. The second-order valence-electron chi connectivity index (χ2n) is 6.35. The number of alkyl halides is 3. The first-order chi connectivity index (χ1) is 12.9. The van der Waals surface area contributed by atoms with E-state index in [4.69, 9.17) is 5.26 Å². The molecule has 0 aliphatic carbocycles. The maximum Gasteiger partial charge on any atom is 0.401 e. The van der Waals surface area contributed by atoms with Crippen LogP contribution in [0.5, 0.6) is 5.75 Å². The Bertz CT molecular complexity index is 975. The van der Waals surface area contributed by atoms with Crippen molar-refractivity contribution in [1.29, 1.82) is 5.26 Å². The molecule has 0 atom stereocenters. The van der Waals surface area contributed by atoms with Crippen molar-refractivity contribution in [3.8, 4) is 11.8 Å². The molecule has 0 saturated heterocycles. The highest BCUT2D eigenvalue weighted by atomic mass is 19.4. The van der Waals surface area contributed by atoms with E-state index in [0.717, 1.165) is 10.8 Å². The number of fused-ring (bicyclic) bond motifs is 1. The third-order valence-electron chi connectivity index (χ3n) is 4.29. The molecule has 3 aromatic rings. The van der Waals surface area contributed by atoms with E-state index in [9.17, 15) is 18.3 Å². The van der Waals surface area contributed by atoms with Crippen molar-refractivity contribution in [1.82, 2.24) is 4.90 Å². The first-order valence-corrected chi connectivity index (χ1v) is 8.33. The predicted octanol–water partition coefficient (Wildman–Crippen LogP) is 4.98. The first kappa shape index (κ1) is 18.7. The number of aromatic hydroxyl groups is 1. The Labute approximate surface area is 154 Å². The van der Waals surface area contributed by atoms with Gasteiger partial charge in [-0.1, -0.05) is 42.5 Å². The molecule has 0 radical (unpaired) electrons. The molecular weight excluding hydrogens is 353 g/mol. The van der Waals surface area contributed by atoms with Crippen LogP contribution in [0.4, 0.5) is 13.2 Å². The van der Waals surface area contributed by atoms with E-state index >= 15 is 0 Å². The van der Waals surface area contributed by atoms with Crippen LogP contribution in [0, 0.1) is 11.3 Å². The minimum atomic E-state index is -4.37. The maximum atomic E-state index is 13.1. The zero-order valence-electron chi connectivity index (χ0n) is 14.4. The average molecular weight is 370 g/mol. The van der Waals surface area contributed by atoms with Gasteiger partial charge in [0.1, 0.15) is 5.75 Å². The third-order valence-corrected chi connectivity index (χ3v) is 4.29. The Hall–Kier alpha value is -3.04. The van der Waals surface area contributed by atoms with Crippen molar-refractivity contribution < 1.29 is 18.3 Å². The Morgan fingerprint density at radius 2 is 1.63 bits per heavy atom. The molecule has 0 bridgehead atoms. The van der Waals surface area contributed by atoms with E-state index < -0.39 is 12.7 Å². The molecular formula is C21H17F3N2O. The van der Waals surface area contributed by atoms with Gasteiger partial charge in [-0.15, -0.1) is 0 Å². The van der Waals surface area contributed by atoms with Crippen LogP contribution in [0.15, 0.2) is 60.7 Å². The lowest BCUT2D eigenvalue weighted by molar-refractivity contribution is -0.148. The quantitative estimate of drug-likeness (QED) is 0.689. The Morgan fingerprint density at radius 3 is 2.30 bits per heavy atom. The summed E-state index contributed by atoms with van der Waals surface area (Å²) in [7, 11) is 0. The lowest BCUT2D eigenvalue weighted by Crippen LogP contribution is -2.33. The molecule has 3 nitrogen and oxygen atoms in total. The molecule has 0 amide bonds. The smallest absolute Gasteiger partial charge is 0.401 e. The number of rotatable bonds is 5. The fourth-order valence-electron chi connectivity index (χ4n) is 3.08. The van der Waals surface area contributed by atoms with Crippen LogP contribution in [0.2, 0.25) is 0 Å². The van der Waals surface area contributed by atoms with Crippen molar-refractivity contribution in [2.75, 3.05) is 6.54 Å². The number of hydrogen-bond donors (Lipinski definition) is 1. The molecule has 3 aromatic carbocycles. The van der Waals surface area contributed by atoms with Crippen molar-refractivity contribution >= 4 is 10.8 Å². The summed E-state index contributed by atoms with van der Waals surface area (Å²) in [6.07, 6.45) is -4.37. The molecule has 3 rings (SSSR count). The van der Waals surface area contributed by atoms with E-state index in [1.165, 1.54) is 11.0 Å². The molecule has 0 spiro atoms. The Kier molecular flexibility index (Phi) is 5.33. The normalized spacial score (nSPS) is 11.7. The molecule has 6 heteroatoms. The second kappa shape index (κ2) is 7.68. The van der Waals surface area contributed by atoms with E-state index in [1.807, 2.05) is 18.2 Å². The summed E-state index contributed by atoms with van der Waals surface area (Å²) in [5, 5.41) is 20.7. The van der Waals surface area contributed by atoms with Gasteiger partial charge < -0.3 is 5.11 Å². The minimum absolute atomic E-state index is 0.0271. The molecule has 1 N–H and O–H groups in total. The molecule has 0 saturated carbocycles. The topological polar surface area (TPSA) is 47.3 Å². The van der Waals surface area contributed by atoms with Crippen LogP contribution in [-0.4, -0.2) is 22.7 Å². The van der Waals surface area contributed by atoms with E-state index in [0.29, 0.717) is 16.7 Å². The molecule has 0 aliphatic heterocycles. The number of benzene rings is 3. The largest absolute Gasteiger partial charge is 0.508 e.